The summed E-state index contributed by atoms with van der Waals surface area (Å²) in [6.07, 6.45) is 0.203. The maximum atomic E-state index is 10.0. The normalized spacial score (nSPS) is 12.1. The van der Waals surface area contributed by atoms with Crippen LogP contribution >= 0.6 is 11.6 Å². The van der Waals surface area contributed by atoms with Gasteiger partial charge in [-0.2, -0.15) is 0 Å². The summed E-state index contributed by atoms with van der Waals surface area (Å²) in [4.78, 5) is 0. The molecule has 94 valence electrons. The van der Waals surface area contributed by atoms with Crippen LogP contribution < -0.4 is 5.32 Å². The molecule has 0 fully saturated rings. The van der Waals surface area contributed by atoms with E-state index in [4.69, 9.17) is 11.6 Å². The number of rotatable bonds is 5. The van der Waals surface area contributed by atoms with E-state index in [2.05, 4.69) is 5.32 Å². The van der Waals surface area contributed by atoms with E-state index < -0.39 is 6.10 Å². The zero-order valence-electron chi connectivity index (χ0n) is 10.0. The zero-order valence-corrected chi connectivity index (χ0v) is 10.8. The number of para-hydroxylation sites is 1. The van der Waals surface area contributed by atoms with Crippen molar-refractivity contribution in [2.45, 2.75) is 12.5 Å². The van der Waals surface area contributed by atoms with Crippen molar-refractivity contribution in [3.8, 4) is 0 Å². The molecule has 0 aliphatic rings. The summed E-state index contributed by atoms with van der Waals surface area (Å²) in [5.41, 5.74) is 1.97. The molecule has 2 aromatic rings. The van der Waals surface area contributed by atoms with Crippen LogP contribution in [0.2, 0.25) is 5.02 Å². The second kappa shape index (κ2) is 6.43. The van der Waals surface area contributed by atoms with Gasteiger partial charge in [0.15, 0.2) is 0 Å². The Labute approximate surface area is 112 Å². The third-order valence-corrected chi connectivity index (χ3v) is 3.03. The Kier molecular flexibility index (Phi) is 4.62. The van der Waals surface area contributed by atoms with Crippen molar-refractivity contribution >= 4 is 17.3 Å². The molecule has 2 nitrogen and oxygen atoms in total. The van der Waals surface area contributed by atoms with Gasteiger partial charge in [0.2, 0.25) is 0 Å². The van der Waals surface area contributed by atoms with Gasteiger partial charge in [-0.3, -0.25) is 0 Å². The average Bonchev–Trinajstić information content (AvgIpc) is 2.40. The number of halogens is 1. The van der Waals surface area contributed by atoms with E-state index in [0.29, 0.717) is 11.4 Å². The minimum Gasteiger partial charge on any atom is -0.388 e. The fourth-order valence-corrected chi connectivity index (χ4v) is 1.89. The Morgan fingerprint density at radius 2 is 1.67 bits per heavy atom. The first-order chi connectivity index (χ1) is 8.75. The molecular weight excluding hydrogens is 246 g/mol. The van der Waals surface area contributed by atoms with Crippen LogP contribution in [0.5, 0.6) is 0 Å². The summed E-state index contributed by atoms with van der Waals surface area (Å²) < 4.78 is 0. The van der Waals surface area contributed by atoms with Crippen LogP contribution in [0.25, 0.3) is 0 Å². The fourth-order valence-electron chi connectivity index (χ4n) is 1.76. The van der Waals surface area contributed by atoms with Crippen molar-refractivity contribution in [1.82, 2.24) is 0 Å². The molecule has 0 bridgehead atoms. The Hall–Kier alpha value is -1.51. The molecule has 2 N–H and O–H groups in total. The van der Waals surface area contributed by atoms with Crippen molar-refractivity contribution < 1.29 is 5.11 Å². The largest absolute Gasteiger partial charge is 0.388 e. The highest BCUT2D eigenvalue weighted by atomic mass is 35.5. The number of hydrogen-bond donors (Lipinski definition) is 2. The van der Waals surface area contributed by atoms with Crippen LogP contribution in [0, 0.1) is 0 Å². The SMILES string of the molecule is OC(CCNc1ccccc1)c1ccc(Cl)cc1. The van der Waals surface area contributed by atoms with Crippen LogP contribution in [-0.4, -0.2) is 11.7 Å². The van der Waals surface area contributed by atoms with Crippen molar-refractivity contribution in [2.24, 2.45) is 0 Å². The van der Waals surface area contributed by atoms with E-state index in [0.717, 1.165) is 17.8 Å². The Morgan fingerprint density at radius 1 is 1.00 bits per heavy atom. The van der Waals surface area contributed by atoms with Gasteiger partial charge in [-0.1, -0.05) is 41.9 Å². The highest BCUT2D eigenvalue weighted by Crippen LogP contribution is 2.19. The van der Waals surface area contributed by atoms with Gasteiger partial charge >= 0.3 is 0 Å². The lowest BCUT2D eigenvalue weighted by Gasteiger charge is -2.12. The van der Waals surface area contributed by atoms with Gasteiger partial charge in [0, 0.05) is 17.3 Å². The molecular formula is C15H16ClNO. The minimum atomic E-state index is -0.460. The van der Waals surface area contributed by atoms with Gasteiger partial charge in [0.05, 0.1) is 6.10 Å². The summed E-state index contributed by atoms with van der Waals surface area (Å²) in [5.74, 6) is 0. The summed E-state index contributed by atoms with van der Waals surface area (Å²) in [6, 6.07) is 17.3. The molecule has 0 aliphatic heterocycles. The topological polar surface area (TPSA) is 32.3 Å². The summed E-state index contributed by atoms with van der Waals surface area (Å²) in [6.45, 7) is 0.730. The lowest BCUT2D eigenvalue weighted by Crippen LogP contribution is -2.07. The Morgan fingerprint density at radius 3 is 2.33 bits per heavy atom. The molecule has 0 amide bonds. The maximum absolute atomic E-state index is 10.0. The lowest BCUT2D eigenvalue weighted by atomic mass is 10.1. The number of aliphatic hydroxyl groups is 1. The fraction of sp³-hybridized carbons (Fsp3) is 0.200. The van der Waals surface area contributed by atoms with E-state index in [1.165, 1.54) is 0 Å². The first kappa shape index (κ1) is 12.9. The number of anilines is 1. The standard InChI is InChI=1S/C15H16ClNO/c16-13-8-6-12(7-9-13)15(18)10-11-17-14-4-2-1-3-5-14/h1-9,15,17-18H,10-11H2. The molecule has 2 aromatic carbocycles. The second-order valence-electron chi connectivity index (χ2n) is 4.15. The monoisotopic (exact) mass is 261 g/mol. The average molecular weight is 262 g/mol. The third kappa shape index (κ3) is 3.76. The van der Waals surface area contributed by atoms with Gasteiger partial charge in [0.25, 0.3) is 0 Å². The first-order valence-corrected chi connectivity index (χ1v) is 6.36. The van der Waals surface area contributed by atoms with Crippen LogP contribution in [0.4, 0.5) is 5.69 Å². The smallest absolute Gasteiger partial charge is 0.0806 e. The molecule has 0 aromatic heterocycles. The Bertz CT molecular complexity index is 470. The van der Waals surface area contributed by atoms with Crippen molar-refractivity contribution in [1.29, 1.82) is 0 Å². The van der Waals surface area contributed by atoms with Gasteiger partial charge in [-0.15, -0.1) is 0 Å². The van der Waals surface area contributed by atoms with E-state index >= 15 is 0 Å². The van der Waals surface area contributed by atoms with E-state index in [1.54, 1.807) is 12.1 Å². The van der Waals surface area contributed by atoms with E-state index in [1.807, 2.05) is 42.5 Å². The lowest BCUT2D eigenvalue weighted by molar-refractivity contribution is 0.171. The molecule has 0 saturated carbocycles. The predicted octanol–water partition coefficient (Wildman–Crippen LogP) is 3.88. The Balaban J connectivity index is 1.81. The molecule has 0 heterocycles. The molecule has 3 heteroatoms. The summed E-state index contributed by atoms with van der Waals surface area (Å²) >= 11 is 5.81. The highest BCUT2D eigenvalue weighted by Gasteiger charge is 2.06. The highest BCUT2D eigenvalue weighted by molar-refractivity contribution is 6.30. The molecule has 0 radical (unpaired) electrons. The van der Waals surface area contributed by atoms with Gasteiger partial charge in [0.1, 0.15) is 0 Å². The van der Waals surface area contributed by atoms with E-state index in [9.17, 15) is 5.11 Å². The first-order valence-electron chi connectivity index (χ1n) is 5.98. The molecule has 0 aliphatic carbocycles. The number of hydrogen-bond acceptors (Lipinski definition) is 2. The second-order valence-corrected chi connectivity index (χ2v) is 4.59. The maximum Gasteiger partial charge on any atom is 0.0806 e. The summed E-state index contributed by atoms with van der Waals surface area (Å²) in [7, 11) is 0. The molecule has 0 saturated heterocycles. The molecule has 1 atom stereocenters. The number of aliphatic hydroxyl groups excluding tert-OH is 1. The van der Waals surface area contributed by atoms with Gasteiger partial charge in [-0.25, -0.2) is 0 Å². The van der Waals surface area contributed by atoms with Crippen LogP contribution in [0.15, 0.2) is 54.6 Å². The van der Waals surface area contributed by atoms with Crippen LogP contribution in [0.3, 0.4) is 0 Å². The van der Waals surface area contributed by atoms with Crippen LogP contribution in [0.1, 0.15) is 18.1 Å². The molecule has 2 rings (SSSR count). The number of nitrogens with one attached hydrogen (secondary N) is 1. The van der Waals surface area contributed by atoms with Crippen LogP contribution in [-0.2, 0) is 0 Å². The third-order valence-electron chi connectivity index (χ3n) is 2.78. The van der Waals surface area contributed by atoms with Gasteiger partial charge in [-0.05, 0) is 36.2 Å². The molecule has 0 spiro atoms. The van der Waals surface area contributed by atoms with Crippen molar-refractivity contribution in [3.05, 3.63) is 65.2 Å². The van der Waals surface area contributed by atoms with Gasteiger partial charge < -0.3 is 10.4 Å². The minimum absolute atomic E-state index is 0.460. The number of benzene rings is 2. The zero-order chi connectivity index (χ0) is 12.8. The summed E-state index contributed by atoms with van der Waals surface area (Å²) in [5, 5.41) is 14.0. The van der Waals surface area contributed by atoms with E-state index in [-0.39, 0.29) is 0 Å². The molecule has 1 unspecified atom stereocenters. The predicted molar refractivity (Wildman–Crippen MR) is 76.0 cm³/mol. The quantitative estimate of drug-likeness (QED) is 0.856. The van der Waals surface area contributed by atoms with Crippen molar-refractivity contribution in [2.75, 3.05) is 11.9 Å². The van der Waals surface area contributed by atoms with Crippen molar-refractivity contribution in [3.63, 3.8) is 0 Å². The molecule has 18 heavy (non-hydrogen) atoms.